The molecule has 1 aliphatic rings. The van der Waals surface area contributed by atoms with Crippen molar-refractivity contribution in [1.29, 1.82) is 5.26 Å². The van der Waals surface area contributed by atoms with E-state index in [0.717, 1.165) is 24.8 Å². The first kappa shape index (κ1) is 18.0. The predicted molar refractivity (Wildman–Crippen MR) is 91.8 cm³/mol. The zero-order chi connectivity index (χ0) is 17.5. The molecule has 0 radical (unpaired) electrons. The van der Waals surface area contributed by atoms with Crippen molar-refractivity contribution in [2.24, 2.45) is 5.92 Å². The molecule has 0 bridgehead atoms. The standard InChI is InChI=1S/C19H25N3O2/c1-3-5-18(23)22-10-8-17(9-11-22)19(24)21(2)14-16-7-4-6-15(12-16)13-20/h4,6-7,12,17H,3,5,8-11,14H2,1-2H3. The first-order valence-corrected chi connectivity index (χ1v) is 8.57. The molecule has 0 N–H and O–H groups in total. The van der Waals surface area contributed by atoms with E-state index in [4.69, 9.17) is 5.26 Å². The number of carbonyl (C=O) groups excluding carboxylic acids is 2. The molecule has 0 aromatic heterocycles. The van der Waals surface area contributed by atoms with E-state index in [-0.39, 0.29) is 17.7 Å². The van der Waals surface area contributed by atoms with Crippen LogP contribution in [0.15, 0.2) is 24.3 Å². The minimum atomic E-state index is -0.0141. The SMILES string of the molecule is CCCC(=O)N1CCC(C(=O)N(C)Cc2cccc(C#N)c2)CC1. The lowest BCUT2D eigenvalue weighted by Gasteiger charge is -2.33. The second-order valence-electron chi connectivity index (χ2n) is 6.41. The molecule has 2 rings (SSSR count). The van der Waals surface area contributed by atoms with Crippen LogP contribution in [0, 0.1) is 17.2 Å². The summed E-state index contributed by atoms with van der Waals surface area (Å²) in [5, 5.41) is 8.95. The van der Waals surface area contributed by atoms with Crippen LogP contribution in [-0.2, 0) is 16.1 Å². The number of benzene rings is 1. The highest BCUT2D eigenvalue weighted by Crippen LogP contribution is 2.21. The number of nitriles is 1. The van der Waals surface area contributed by atoms with Gasteiger partial charge in [0, 0.05) is 39.0 Å². The van der Waals surface area contributed by atoms with Crippen LogP contribution in [0.1, 0.15) is 43.7 Å². The van der Waals surface area contributed by atoms with Crippen LogP contribution in [0.2, 0.25) is 0 Å². The molecule has 0 aliphatic carbocycles. The van der Waals surface area contributed by atoms with Gasteiger partial charge in [-0.3, -0.25) is 9.59 Å². The van der Waals surface area contributed by atoms with Gasteiger partial charge in [0.2, 0.25) is 11.8 Å². The van der Waals surface area contributed by atoms with E-state index < -0.39 is 0 Å². The highest BCUT2D eigenvalue weighted by atomic mass is 16.2. The van der Waals surface area contributed by atoms with Crippen molar-refractivity contribution in [2.45, 2.75) is 39.2 Å². The van der Waals surface area contributed by atoms with Gasteiger partial charge in [-0.25, -0.2) is 0 Å². The van der Waals surface area contributed by atoms with Gasteiger partial charge in [0.25, 0.3) is 0 Å². The third-order valence-electron chi connectivity index (χ3n) is 4.51. The van der Waals surface area contributed by atoms with Crippen LogP contribution in [0.5, 0.6) is 0 Å². The van der Waals surface area contributed by atoms with Crippen LogP contribution in [-0.4, -0.2) is 41.8 Å². The fourth-order valence-corrected chi connectivity index (χ4v) is 3.15. The number of hydrogen-bond donors (Lipinski definition) is 0. The van der Waals surface area contributed by atoms with Gasteiger partial charge in [-0.1, -0.05) is 19.1 Å². The molecule has 1 saturated heterocycles. The molecule has 1 aromatic rings. The van der Waals surface area contributed by atoms with Gasteiger partial charge in [-0.15, -0.1) is 0 Å². The lowest BCUT2D eigenvalue weighted by atomic mass is 9.95. The van der Waals surface area contributed by atoms with Crippen LogP contribution in [0.4, 0.5) is 0 Å². The Bertz CT molecular complexity index is 628. The molecule has 5 nitrogen and oxygen atoms in total. The van der Waals surface area contributed by atoms with Crippen molar-refractivity contribution in [3.8, 4) is 6.07 Å². The predicted octanol–water partition coefficient (Wildman–Crippen LogP) is 2.56. The van der Waals surface area contributed by atoms with Crippen LogP contribution >= 0.6 is 0 Å². The zero-order valence-electron chi connectivity index (χ0n) is 14.5. The van der Waals surface area contributed by atoms with Crippen LogP contribution in [0.25, 0.3) is 0 Å². The summed E-state index contributed by atoms with van der Waals surface area (Å²) in [5.74, 6) is 0.310. The Hall–Kier alpha value is -2.35. The summed E-state index contributed by atoms with van der Waals surface area (Å²) in [5.41, 5.74) is 1.57. The molecule has 0 unspecified atom stereocenters. The van der Waals surface area contributed by atoms with Crippen molar-refractivity contribution in [3.63, 3.8) is 0 Å². The molecular formula is C19H25N3O2. The molecule has 0 saturated carbocycles. The highest BCUT2D eigenvalue weighted by Gasteiger charge is 2.28. The molecule has 2 amide bonds. The first-order chi connectivity index (χ1) is 11.5. The summed E-state index contributed by atoms with van der Waals surface area (Å²) in [7, 11) is 1.80. The molecule has 0 atom stereocenters. The number of hydrogen-bond acceptors (Lipinski definition) is 3. The van der Waals surface area contributed by atoms with E-state index in [1.807, 2.05) is 30.0 Å². The first-order valence-electron chi connectivity index (χ1n) is 8.57. The molecule has 1 aliphatic heterocycles. The maximum atomic E-state index is 12.6. The van der Waals surface area contributed by atoms with Gasteiger partial charge in [0.1, 0.15) is 0 Å². The van der Waals surface area contributed by atoms with Crippen molar-refractivity contribution >= 4 is 11.8 Å². The largest absolute Gasteiger partial charge is 0.343 e. The summed E-state index contributed by atoms with van der Waals surface area (Å²) in [6.45, 7) is 3.85. The molecule has 5 heteroatoms. The fourth-order valence-electron chi connectivity index (χ4n) is 3.15. The van der Waals surface area contributed by atoms with Crippen molar-refractivity contribution < 1.29 is 9.59 Å². The lowest BCUT2D eigenvalue weighted by molar-refractivity contribution is -0.140. The van der Waals surface area contributed by atoms with Gasteiger partial charge in [-0.2, -0.15) is 5.26 Å². The number of rotatable bonds is 5. The van der Waals surface area contributed by atoms with E-state index in [0.29, 0.717) is 31.6 Å². The van der Waals surface area contributed by atoms with E-state index in [2.05, 4.69) is 6.07 Å². The third kappa shape index (κ3) is 4.58. The van der Waals surface area contributed by atoms with Crippen LogP contribution < -0.4 is 0 Å². The number of piperidine rings is 1. The average molecular weight is 327 g/mol. The molecule has 24 heavy (non-hydrogen) atoms. The Morgan fingerprint density at radius 3 is 2.67 bits per heavy atom. The Morgan fingerprint density at radius 2 is 2.04 bits per heavy atom. The summed E-state index contributed by atoms with van der Waals surface area (Å²) < 4.78 is 0. The minimum absolute atomic E-state index is 0.0141. The second kappa shape index (κ2) is 8.49. The van der Waals surface area contributed by atoms with Crippen LogP contribution in [0.3, 0.4) is 0 Å². The lowest BCUT2D eigenvalue weighted by Crippen LogP contribution is -2.43. The quantitative estimate of drug-likeness (QED) is 0.835. The molecule has 0 spiro atoms. The van der Waals surface area contributed by atoms with Gasteiger partial charge in [0.15, 0.2) is 0 Å². The van der Waals surface area contributed by atoms with Crippen molar-refractivity contribution in [1.82, 2.24) is 9.80 Å². The summed E-state index contributed by atoms with van der Waals surface area (Å²) in [6.07, 6.45) is 2.92. The van der Waals surface area contributed by atoms with E-state index in [9.17, 15) is 9.59 Å². The highest BCUT2D eigenvalue weighted by molar-refractivity contribution is 5.80. The Kier molecular flexibility index (Phi) is 6.36. The number of carbonyl (C=O) groups is 2. The molecule has 1 aromatic carbocycles. The summed E-state index contributed by atoms with van der Waals surface area (Å²) in [6, 6.07) is 9.46. The number of likely N-dealkylation sites (tertiary alicyclic amines) is 1. The smallest absolute Gasteiger partial charge is 0.225 e. The monoisotopic (exact) mass is 327 g/mol. The fraction of sp³-hybridized carbons (Fsp3) is 0.526. The second-order valence-corrected chi connectivity index (χ2v) is 6.41. The summed E-state index contributed by atoms with van der Waals surface area (Å²) >= 11 is 0. The van der Waals surface area contributed by atoms with Crippen molar-refractivity contribution in [3.05, 3.63) is 35.4 Å². The van der Waals surface area contributed by atoms with E-state index in [1.54, 1.807) is 18.0 Å². The topological polar surface area (TPSA) is 64.4 Å². The average Bonchev–Trinajstić information content (AvgIpc) is 2.61. The normalized spacial score (nSPS) is 15.0. The molecule has 1 heterocycles. The van der Waals surface area contributed by atoms with Gasteiger partial charge in [-0.05, 0) is 37.0 Å². The van der Waals surface area contributed by atoms with Gasteiger partial charge >= 0.3 is 0 Å². The number of nitrogens with zero attached hydrogens (tertiary/aromatic N) is 3. The molecular weight excluding hydrogens is 302 g/mol. The van der Waals surface area contributed by atoms with Gasteiger partial charge < -0.3 is 9.80 Å². The zero-order valence-corrected chi connectivity index (χ0v) is 14.5. The van der Waals surface area contributed by atoms with Gasteiger partial charge in [0.05, 0.1) is 11.6 Å². The molecule has 128 valence electrons. The third-order valence-corrected chi connectivity index (χ3v) is 4.51. The Balaban J connectivity index is 1.88. The Morgan fingerprint density at radius 1 is 1.33 bits per heavy atom. The van der Waals surface area contributed by atoms with Crippen molar-refractivity contribution in [2.75, 3.05) is 20.1 Å². The minimum Gasteiger partial charge on any atom is -0.343 e. The maximum absolute atomic E-state index is 12.6. The summed E-state index contributed by atoms with van der Waals surface area (Å²) in [4.78, 5) is 28.1. The van der Waals surface area contributed by atoms with E-state index in [1.165, 1.54) is 0 Å². The Labute approximate surface area is 143 Å². The number of amides is 2. The molecule has 1 fully saturated rings. The van der Waals surface area contributed by atoms with E-state index >= 15 is 0 Å². The maximum Gasteiger partial charge on any atom is 0.225 e.